The van der Waals surface area contributed by atoms with Crippen molar-refractivity contribution in [2.24, 2.45) is 0 Å². The fraction of sp³-hybridized carbons (Fsp3) is 0.928. The van der Waals surface area contributed by atoms with Crippen LogP contribution in [0, 0.1) is 0 Å². The number of phosphoric ester groups is 1. The average molecular weight is 1330 g/mol. The standard InChI is InChI=1S/C83H162NO8P/c1-6-8-10-12-14-16-18-20-22-24-26-28-30-32-34-36-38-39-40-41-42-43-44-46-47-49-51-53-55-57-59-61-63-65-67-69-71-73-75-82(85)89-79-81(80-91-93(87,88)90-78-77-84(3,4)5)92-83(86)76-74-72-70-68-66-64-62-60-58-56-54-52-50-48-45-37-35-33-31-29-27-25-23-21-19-17-15-13-11-9-7-2/h19,21,25,27,81H,6-18,20,22-24,26,28-80H2,1-5H3/p+1/b21-19-,27-25-. The van der Waals surface area contributed by atoms with Crippen LogP contribution in [-0.2, 0) is 32.7 Å². The zero-order valence-electron chi connectivity index (χ0n) is 63.3. The normalized spacial score (nSPS) is 13.1. The van der Waals surface area contributed by atoms with E-state index in [1.165, 1.54) is 372 Å². The predicted molar refractivity (Wildman–Crippen MR) is 404 cm³/mol. The Labute approximate surface area is 580 Å². The number of allylic oxidation sites excluding steroid dienone is 4. The van der Waals surface area contributed by atoms with Crippen molar-refractivity contribution in [2.45, 2.75) is 450 Å². The molecule has 0 fully saturated rings. The lowest BCUT2D eigenvalue weighted by molar-refractivity contribution is -0.870. The van der Waals surface area contributed by atoms with Crippen LogP contribution in [0.15, 0.2) is 24.3 Å². The van der Waals surface area contributed by atoms with E-state index in [4.69, 9.17) is 18.5 Å². The van der Waals surface area contributed by atoms with Gasteiger partial charge in [0.2, 0.25) is 0 Å². The van der Waals surface area contributed by atoms with E-state index < -0.39 is 26.5 Å². The molecule has 93 heavy (non-hydrogen) atoms. The number of hydrogen-bond donors (Lipinski definition) is 1. The second-order valence-corrected chi connectivity index (χ2v) is 31.3. The fourth-order valence-corrected chi connectivity index (χ4v) is 13.6. The number of esters is 2. The highest BCUT2D eigenvalue weighted by atomic mass is 31.2. The van der Waals surface area contributed by atoms with Crippen LogP contribution in [-0.4, -0.2) is 74.9 Å². The number of ether oxygens (including phenoxy) is 2. The lowest BCUT2D eigenvalue weighted by Crippen LogP contribution is -2.37. The first-order valence-electron chi connectivity index (χ1n) is 41.6. The molecule has 10 heteroatoms. The monoisotopic (exact) mass is 1330 g/mol. The van der Waals surface area contributed by atoms with Gasteiger partial charge >= 0.3 is 19.8 Å². The van der Waals surface area contributed by atoms with Crippen molar-refractivity contribution < 1.29 is 42.1 Å². The van der Waals surface area contributed by atoms with E-state index in [-0.39, 0.29) is 25.6 Å². The summed E-state index contributed by atoms with van der Waals surface area (Å²) in [4.78, 5) is 36.0. The van der Waals surface area contributed by atoms with Crippen molar-refractivity contribution in [3.8, 4) is 0 Å². The Morgan fingerprint density at radius 2 is 0.581 bits per heavy atom. The molecule has 0 spiro atoms. The van der Waals surface area contributed by atoms with Gasteiger partial charge in [0.15, 0.2) is 6.10 Å². The molecule has 0 aliphatic rings. The smallest absolute Gasteiger partial charge is 0.462 e. The molecule has 0 aromatic rings. The highest BCUT2D eigenvalue weighted by Crippen LogP contribution is 2.43. The molecule has 0 aromatic heterocycles. The van der Waals surface area contributed by atoms with Crippen molar-refractivity contribution in [3.05, 3.63) is 24.3 Å². The predicted octanol–water partition coefficient (Wildman–Crippen LogP) is 27.6. The van der Waals surface area contributed by atoms with Gasteiger partial charge in [0.25, 0.3) is 0 Å². The summed E-state index contributed by atoms with van der Waals surface area (Å²) in [6.07, 6.45) is 96.4. The zero-order valence-corrected chi connectivity index (χ0v) is 64.2. The summed E-state index contributed by atoms with van der Waals surface area (Å²) in [5.41, 5.74) is 0. The van der Waals surface area contributed by atoms with E-state index in [0.717, 1.165) is 38.5 Å². The minimum atomic E-state index is -4.39. The number of phosphoric acid groups is 1. The molecular formula is C83H163NO8P+. The van der Waals surface area contributed by atoms with Gasteiger partial charge in [-0.1, -0.05) is 411 Å². The average Bonchev–Trinajstić information content (AvgIpc) is 2.02. The summed E-state index contributed by atoms with van der Waals surface area (Å²) >= 11 is 0. The highest BCUT2D eigenvalue weighted by Gasteiger charge is 2.27. The van der Waals surface area contributed by atoms with Crippen LogP contribution in [0.5, 0.6) is 0 Å². The molecule has 0 aliphatic heterocycles. The SMILES string of the molecule is CCCCCCC/C=C\C/C=C\CCCCCCCCCCCCCCCCCCCCCC(=O)OC(COC(=O)CCCCCCCCCCCCCCCCCCCCCCCCCCCCCCCCCCCCCCCC)COP(=O)(O)OCC[N+](C)(C)C. The van der Waals surface area contributed by atoms with Crippen molar-refractivity contribution >= 4 is 19.8 Å². The van der Waals surface area contributed by atoms with Crippen LogP contribution < -0.4 is 0 Å². The number of quaternary nitrogens is 1. The Bertz CT molecular complexity index is 1610. The Balaban J connectivity index is 3.87. The summed E-state index contributed by atoms with van der Waals surface area (Å²) in [5, 5.41) is 0. The molecule has 0 rings (SSSR count). The van der Waals surface area contributed by atoms with Crippen molar-refractivity contribution in [1.29, 1.82) is 0 Å². The maximum Gasteiger partial charge on any atom is 0.472 e. The lowest BCUT2D eigenvalue weighted by atomic mass is 10.0. The molecule has 0 heterocycles. The van der Waals surface area contributed by atoms with Gasteiger partial charge in [-0.05, 0) is 44.9 Å². The first-order valence-corrected chi connectivity index (χ1v) is 43.1. The van der Waals surface area contributed by atoms with Crippen LogP contribution in [0.1, 0.15) is 444 Å². The Morgan fingerprint density at radius 3 is 0.849 bits per heavy atom. The number of unbranched alkanes of at least 4 members (excludes halogenated alkanes) is 61. The van der Waals surface area contributed by atoms with E-state index in [1.807, 2.05) is 21.1 Å². The van der Waals surface area contributed by atoms with Crippen LogP contribution in [0.2, 0.25) is 0 Å². The second-order valence-electron chi connectivity index (χ2n) is 29.9. The third-order valence-corrected chi connectivity index (χ3v) is 20.2. The summed E-state index contributed by atoms with van der Waals surface area (Å²) in [5.74, 6) is -0.769. The minimum absolute atomic E-state index is 0.0359. The van der Waals surface area contributed by atoms with Gasteiger partial charge < -0.3 is 18.9 Å². The molecule has 552 valence electrons. The number of carbonyl (C=O) groups is 2. The van der Waals surface area contributed by atoms with E-state index in [1.54, 1.807) is 0 Å². The van der Waals surface area contributed by atoms with E-state index in [9.17, 15) is 19.0 Å². The first-order chi connectivity index (χ1) is 45.5. The largest absolute Gasteiger partial charge is 0.472 e. The summed E-state index contributed by atoms with van der Waals surface area (Å²) in [6, 6.07) is 0. The molecular weight excluding hydrogens is 1170 g/mol. The fourth-order valence-electron chi connectivity index (χ4n) is 12.9. The molecule has 2 atom stereocenters. The Morgan fingerprint density at radius 1 is 0.333 bits per heavy atom. The molecule has 0 saturated carbocycles. The third kappa shape index (κ3) is 79.4. The topological polar surface area (TPSA) is 108 Å². The molecule has 0 amide bonds. The van der Waals surface area contributed by atoms with Crippen LogP contribution >= 0.6 is 7.82 Å². The number of likely N-dealkylation sites (N-methyl/N-ethyl adjacent to an activating group) is 1. The molecule has 0 saturated heterocycles. The van der Waals surface area contributed by atoms with Crippen molar-refractivity contribution in [1.82, 2.24) is 0 Å². The summed E-state index contributed by atoms with van der Waals surface area (Å²) in [7, 11) is 1.51. The molecule has 0 aliphatic carbocycles. The maximum atomic E-state index is 12.9. The van der Waals surface area contributed by atoms with Crippen LogP contribution in [0.3, 0.4) is 0 Å². The second kappa shape index (κ2) is 74.7. The molecule has 0 bridgehead atoms. The Hall–Kier alpha value is -1.51. The van der Waals surface area contributed by atoms with Gasteiger partial charge in [0, 0.05) is 12.8 Å². The van der Waals surface area contributed by atoms with Gasteiger partial charge in [-0.15, -0.1) is 0 Å². The zero-order chi connectivity index (χ0) is 67.6. The quantitative estimate of drug-likeness (QED) is 0.0211. The number of carbonyl (C=O) groups excluding carboxylic acids is 2. The van der Waals surface area contributed by atoms with Crippen molar-refractivity contribution in [2.75, 3.05) is 47.5 Å². The number of nitrogens with zero attached hydrogens (tertiary/aromatic N) is 1. The van der Waals surface area contributed by atoms with Gasteiger partial charge in [0.05, 0.1) is 27.7 Å². The summed E-state index contributed by atoms with van der Waals surface area (Å²) in [6.45, 7) is 4.52. The maximum absolute atomic E-state index is 12.9. The molecule has 0 aromatic carbocycles. The highest BCUT2D eigenvalue weighted by molar-refractivity contribution is 7.47. The Kier molecular flexibility index (Phi) is 73.5. The number of hydrogen-bond acceptors (Lipinski definition) is 7. The van der Waals surface area contributed by atoms with E-state index >= 15 is 0 Å². The molecule has 0 radical (unpaired) electrons. The van der Waals surface area contributed by atoms with Crippen LogP contribution in [0.4, 0.5) is 0 Å². The minimum Gasteiger partial charge on any atom is -0.462 e. The lowest BCUT2D eigenvalue weighted by Gasteiger charge is -2.24. The van der Waals surface area contributed by atoms with Gasteiger partial charge in [-0.3, -0.25) is 18.6 Å². The van der Waals surface area contributed by atoms with E-state index in [2.05, 4.69) is 38.2 Å². The first kappa shape index (κ1) is 91.5. The van der Waals surface area contributed by atoms with E-state index in [0.29, 0.717) is 23.9 Å². The third-order valence-electron chi connectivity index (χ3n) is 19.2. The van der Waals surface area contributed by atoms with Crippen LogP contribution in [0.25, 0.3) is 0 Å². The summed E-state index contributed by atoms with van der Waals surface area (Å²) < 4.78 is 34.9. The van der Waals surface area contributed by atoms with Gasteiger partial charge in [-0.25, -0.2) is 4.57 Å². The molecule has 9 nitrogen and oxygen atoms in total. The molecule has 2 unspecified atom stereocenters. The molecule has 1 N–H and O–H groups in total. The van der Waals surface area contributed by atoms with Crippen molar-refractivity contribution in [3.63, 3.8) is 0 Å². The van der Waals surface area contributed by atoms with Gasteiger partial charge in [-0.2, -0.15) is 0 Å². The number of rotatable bonds is 79. The van der Waals surface area contributed by atoms with Gasteiger partial charge in [0.1, 0.15) is 19.8 Å².